The summed E-state index contributed by atoms with van der Waals surface area (Å²) >= 11 is 0. The number of aromatic nitrogens is 1. The number of ether oxygens (including phenoxy) is 1. The molecule has 0 aliphatic carbocycles. The topological polar surface area (TPSA) is 42.4 Å². The van der Waals surface area contributed by atoms with Crippen LogP contribution in [-0.4, -0.2) is 28.9 Å². The van der Waals surface area contributed by atoms with Crippen molar-refractivity contribution < 1.29 is 9.53 Å². The van der Waals surface area contributed by atoms with Crippen molar-refractivity contribution in [2.75, 3.05) is 13.2 Å². The molecule has 3 rings (SSSR count). The zero-order valence-corrected chi connectivity index (χ0v) is 14.6. The van der Waals surface area contributed by atoms with Gasteiger partial charge in [-0.25, -0.2) is 0 Å². The van der Waals surface area contributed by atoms with E-state index < -0.39 is 0 Å². The van der Waals surface area contributed by atoms with Gasteiger partial charge in [0.25, 0.3) is 5.91 Å². The van der Waals surface area contributed by atoms with Crippen molar-refractivity contribution in [1.82, 2.24) is 9.88 Å². The third kappa shape index (κ3) is 5.45. The predicted molar refractivity (Wildman–Crippen MR) is 102 cm³/mol. The molecule has 0 aliphatic rings. The Morgan fingerprint density at radius 2 is 1.58 bits per heavy atom. The first kappa shape index (κ1) is 17.7. The van der Waals surface area contributed by atoms with Crippen molar-refractivity contribution in [3.8, 4) is 5.75 Å². The lowest BCUT2D eigenvalue weighted by Crippen LogP contribution is -2.36. The Balaban J connectivity index is 1.63. The molecule has 1 aromatic heterocycles. The van der Waals surface area contributed by atoms with Crippen LogP contribution in [0.25, 0.3) is 0 Å². The quantitative estimate of drug-likeness (QED) is 0.624. The van der Waals surface area contributed by atoms with Gasteiger partial charge in [-0.05, 0) is 36.2 Å². The third-order valence-electron chi connectivity index (χ3n) is 4.05. The van der Waals surface area contributed by atoms with Gasteiger partial charge in [0.2, 0.25) is 0 Å². The number of nitrogens with zero attached hydrogens (tertiary/aromatic N) is 2. The van der Waals surface area contributed by atoms with E-state index in [1.54, 1.807) is 11.1 Å². The van der Waals surface area contributed by atoms with Crippen molar-refractivity contribution in [1.29, 1.82) is 0 Å². The SMILES string of the molecule is O=C(COc1ccccc1)N(CCc1ccccc1)Cc1ccccn1. The molecule has 0 atom stereocenters. The third-order valence-corrected chi connectivity index (χ3v) is 4.05. The van der Waals surface area contributed by atoms with Crippen molar-refractivity contribution in [3.05, 3.63) is 96.3 Å². The Bertz CT molecular complexity index is 792. The summed E-state index contributed by atoms with van der Waals surface area (Å²) in [4.78, 5) is 18.9. The minimum absolute atomic E-state index is 0.0195. The van der Waals surface area contributed by atoms with Crippen LogP contribution in [0.2, 0.25) is 0 Å². The van der Waals surface area contributed by atoms with Crippen molar-refractivity contribution in [2.24, 2.45) is 0 Å². The molecule has 2 aromatic carbocycles. The van der Waals surface area contributed by atoms with Gasteiger partial charge in [0.05, 0.1) is 12.2 Å². The Hall–Kier alpha value is -3.14. The van der Waals surface area contributed by atoms with Crippen LogP contribution in [0, 0.1) is 0 Å². The Morgan fingerprint density at radius 3 is 2.27 bits per heavy atom. The minimum atomic E-state index is -0.0459. The molecule has 4 nitrogen and oxygen atoms in total. The van der Waals surface area contributed by atoms with Gasteiger partial charge < -0.3 is 9.64 Å². The van der Waals surface area contributed by atoms with E-state index in [1.807, 2.05) is 66.7 Å². The highest BCUT2D eigenvalue weighted by molar-refractivity contribution is 5.77. The van der Waals surface area contributed by atoms with Gasteiger partial charge in [-0.1, -0.05) is 54.6 Å². The van der Waals surface area contributed by atoms with E-state index in [4.69, 9.17) is 4.74 Å². The van der Waals surface area contributed by atoms with Gasteiger partial charge in [-0.3, -0.25) is 9.78 Å². The van der Waals surface area contributed by atoms with Crippen LogP contribution in [0.1, 0.15) is 11.3 Å². The van der Waals surface area contributed by atoms with Crippen molar-refractivity contribution in [3.63, 3.8) is 0 Å². The molecule has 1 amide bonds. The first-order valence-electron chi connectivity index (χ1n) is 8.71. The largest absolute Gasteiger partial charge is 0.484 e. The summed E-state index contributed by atoms with van der Waals surface area (Å²) in [7, 11) is 0. The number of para-hydroxylation sites is 1. The number of benzene rings is 2. The maximum absolute atomic E-state index is 12.7. The Morgan fingerprint density at radius 1 is 0.885 bits per heavy atom. The summed E-state index contributed by atoms with van der Waals surface area (Å²) < 4.78 is 5.63. The average Bonchev–Trinajstić information content (AvgIpc) is 2.71. The van der Waals surface area contributed by atoms with Gasteiger partial charge in [0.1, 0.15) is 5.75 Å². The number of rotatable bonds is 8. The second-order valence-corrected chi connectivity index (χ2v) is 5.97. The Labute approximate surface area is 154 Å². The standard InChI is InChI=1S/C22H22N2O2/c25-22(18-26-21-12-5-2-6-13-21)24(17-20-11-7-8-15-23-20)16-14-19-9-3-1-4-10-19/h1-13,15H,14,16-18H2. The highest BCUT2D eigenvalue weighted by atomic mass is 16.5. The average molecular weight is 346 g/mol. The fraction of sp³-hybridized carbons (Fsp3) is 0.182. The van der Waals surface area contributed by atoms with E-state index in [0.29, 0.717) is 18.8 Å². The van der Waals surface area contributed by atoms with E-state index in [-0.39, 0.29) is 12.5 Å². The molecule has 132 valence electrons. The molecule has 0 saturated carbocycles. The number of hydrogen-bond acceptors (Lipinski definition) is 3. The normalized spacial score (nSPS) is 10.3. The van der Waals surface area contributed by atoms with E-state index in [1.165, 1.54) is 5.56 Å². The molecule has 0 N–H and O–H groups in total. The number of carbonyl (C=O) groups excluding carboxylic acids is 1. The first-order valence-corrected chi connectivity index (χ1v) is 8.71. The number of carbonyl (C=O) groups is 1. The van der Waals surface area contributed by atoms with Gasteiger partial charge in [-0.2, -0.15) is 0 Å². The van der Waals surface area contributed by atoms with Gasteiger partial charge in [-0.15, -0.1) is 0 Å². The maximum Gasteiger partial charge on any atom is 0.260 e. The molecule has 0 aliphatic heterocycles. The van der Waals surface area contributed by atoms with Gasteiger partial charge in [0.15, 0.2) is 6.61 Å². The highest BCUT2D eigenvalue weighted by Gasteiger charge is 2.15. The number of amides is 1. The smallest absolute Gasteiger partial charge is 0.260 e. The van der Waals surface area contributed by atoms with E-state index in [2.05, 4.69) is 17.1 Å². The van der Waals surface area contributed by atoms with E-state index in [9.17, 15) is 4.79 Å². The summed E-state index contributed by atoms with van der Waals surface area (Å²) in [5, 5.41) is 0. The number of hydrogen-bond donors (Lipinski definition) is 0. The predicted octanol–water partition coefficient (Wildman–Crippen LogP) is 3.73. The van der Waals surface area contributed by atoms with Crippen LogP contribution < -0.4 is 4.74 Å². The van der Waals surface area contributed by atoms with Crippen LogP contribution >= 0.6 is 0 Å². The lowest BCUT2D eigenvalue weighted by Gasteiger charge is -2.22. The van der Waals surface area contributed by atoms with Crippen LogP contribution in [-0.2, 0) is 17.8 Å². The summed E-state index contributed by atoms with van der Waals surface area (Å²) in [6.07, 6.45) is 2.54. The van der Waals surface area contributed by atoms with Crippen molar-refractivity contribution >= 4 is 5.91 Å². The fourth-order valence-electron chi connectivity index (χ4n) is 2.64. The lowest BCUT2D eigenvalue weighted by atomic mass is 10.1. The summed E-state index contributed by atoms with van der Waals surface area (Å²) in [5.41, 5.74) is 2.07. The monoisotopic (exact) mass is 346 g/mol. The van der Waals surface area contributed by atoms with Crippen molar-refractivity contribution in [2.45, 2.75) is 13.0 Å². The second kappa shape index (κ2) is 9.37. The second-order valence-electron chi connectivity index (χ2n) is 5.97. The van der Waals surface area contributed by atoms with Gasteiger partial charge >= 0.3 is 0 Å². The highest BCUT2D eigenvalue weighted by Crippen LogP contribution is 2.10. The molecule has 0 unspecified atom stereocenters. The lowest BCUT2D eigenvalue weighted by molar-refractivity contribution is -0.134. The molecule has 0 radical (unpaired) electrons. The zero-order valence-electron chi connectivity index (χ0n) is 14.6. The molecule has 1 heterocycles. The zero-order chi connectivity index (χ0) is 18.0. The molecule has 0 bridgehead atoms. The summed E-state index contributed by atoms with van der Waals surface area (Å²) in [5.74, 6) is 0.650. The molecular weight excluding hydrogens is 324 g/mol. The molecule has 4 heteroatoms. The molecular formula is C22H22N2O2. The van der Waals surface area contributed by atoms with Crippen LogP contribution in [0.15, 0.2) is 85.1 Å². The molecule has 0 saturated heterocycles. The van der Waals surface area contributed by atoms with Crippen LogP contribution in [0.4, 0.5) is 0 Å². The minimum Gasteiger partial charge on any atom is -0.484 e. The molecule has 26 heavy (non-hydrogen) atoms. The Kier molecular flexibility index (Phi) is 6.37. The molecule has 0 fully saturated rings. The van der Waals surface area contributed by atoms with Gasteiger partial charge in [0, 0.05) is 12.7 Å². The summed E-state index contributed by atoms with van der Waals surface area (Å²) in [6.45, 7) is 1.12. The molecule has 0 spiro atoms. The summed E-state index contributed by atoms with van der Waals surface area (Å²) in [6, 6.07) is 25.3. The maximum atomic E-state index is 12.7. The molecule has 3 aromatic rings. The van der Waals surface area contributed by atoms with E-state index >= 15 is 0 Å². The fourth-order valence-corrected chi connectivity index (χ4v) is 2.64. The van der Waals surface area contributed by atoms with E-state index in [0.717, 1.165) is 12.1 Å². The first-order chi connectivity index (χ1) is 12.8. The van der Waals surface area contributed by atoms with Crippen LogP contribution in [0.3, 0.4) is 0 Å². The van der Waals surface area contributed by atoms with Crippen LogP contribution in [0.5, 0.6) is 5.75 Å². The number of pyridine rings is 1.